The molecule has 1 rings (SSSR count). The SMILES string of the molecule is N#CBr.O=C1CC(O)C(=O)N1. The monoisotopic (exact) mass is 220 g/mol. The summed E-state index contributed by atoms with van der Waals surface area (Å²) in [7, 11) is 0. The molecule has 0 aromatic rings. The Morgan fingerprint density at radius 2 is 2.18 bits per heavy atom. The summed E-state index contributed by atoms with van der Waals surface area (Å²) in [4.78, 5) is 21.9. The topological polar surface area (TPSA) is 90.2 Å². The van der Waals surface area contributed by atoms with E-state index in [1.54, 1.807) is 4.98 Å². The van der Waals surface area contributed by atoms with Crippen LogP contribution in [0.15, 0.2) is 0 Å². The number of halogens is 1. The molecular weight excluding hydrogens is 216 g/mol. The van der Waals surface area contributed by atoms with Gasteiger partial charge in [0.15, 0.2) is 0 Å². The van der Waals surface area contributed by atoms with Gasteiger partial charge in [-0.15, -0.1) is 0 Å². The lowest BCUT2D eigenvalue weighted by atomic mass is 10.3. The van der Waals surface area contributed by atoms with Crippen molar-refractivity contribution in [2.75, 3.05) is 0 Å². The zero-order chi connectivity index (χ0) is 8.85. The predicted octanol–water partition coefficient (Wildman–Crippen LogP) is -0.744. The van der Waals surface area contributed by atoms with Gasteiger partial charge in [0.05, 0.1) is 6.42 Å². The number of amides is 2. The number of nitriles is 1. The molecule has 0 saturated carbocycles. The summed E-state index contributed by atoms with van der Waals surface area (Å²) in [6.45, 7) is 0. The smallest absolute Gasteiger partial charge is 0.255 e. The molecule has 5 nitrogen and oxygen atoms in total. The molecule has 0 aromatic carbocycles. The summed E-state index contributed by atoms with van der Waals surface area (Å²) < 4.78 is 0. The van der Waals surface area contributed by atoms with E-state index < -0.39 is 17.9 Å². The van der Waals surface area contributed by atoms with E-state index >= 15 is 0 Å². The molecule has 11 heavy (non-hydrogen) atoms. The average molecular weight is 221 g/mol. The van der Waals surface area contributed by atoms with Crippen LogP contribution < -0.4 is 5.32 Å². The van der Waals surface area contributed by atoms with Crippen molar-refractivity contribution in [3.8, 4) is 4.98 Å². The van der Waals surface area contributed by atoms with Gasteiger partial charge in [-0.3, -0.25) is 14.9 Å². The van der Waals surface area contributed by atoms with Crippen LogP contribution in [-0.4, -0.2) is 23.0 Å². The molecule has 6 heteroatoms. The number of rotatable bonds is 0. The van der Waals surface area contributed by atoms with Crippen molar-refractivity contribution in [1.82, 2.24) is 5.32 Å². The van der Waals surface area contributed by atoms with Gasteiger partial charge in [0.2, 0.25) is 5.91 Å². The summed E-state index contributed by atoms with van der Waals surface area (Å²) in [5.41, 5.74) is 0. The first-order valence-corrected chi connectivity index (χ1v) is 3.42. The van der Waals surface area contributed by atoms with Gasteiger partial charge in [0, 0.05) is 15.9 Å². The van der Waals surface area contributed by atoms with E-state index in [4.69, 9.17) is 10.4 Å². The summed E-state index contributed by atoms with van der Waals surface area (Å²) >= 11 is 2.45. The van der Waals surface area contributed by atoms with Gasteiger partial charge in [-0.05, 0) is 0 Å². The minimum atomic E-state index is -1.11. The van der Waals surface area contributed by atoms with E-state index in [2.05, 4.69) is 15.9 Å². The molecule has 1 unspecified atom stereocenters. The number of nitrogens with zero attached hydrogens (tertiary/aromatic N) is 1. The molecule has 1 saturated heterocycles. The number of aliphatic hydroxyl groups is 1. The van der Waals surface area contributed by atoms with Gasteiger partial charge in [-0.1, -0.05) is 0 Å². The fourth-order valence-corrected chi connectivity index (χ4v) is 0.540. The van der Waals surface area contributed by atoms with Crippen molar-refractivity contribution in [1.29, 1.82) is 5.26 Å². The van der Waals surface area contributed by atoms with Gasteiger partial charge in [-0.25, -0.2) is 0 Å². The van der Waals surface area contributed by atoms with Crippen molar-refractivity contribution in [3.05, 3.63) is 0 Å². The molecular formula is C5H5BrN2O3. The Labute approximate surface area is 71.1 Å². The third-order valence-corrected chi connectivity index (χ3v) is 0.944. The first-order valence-electron chi connectivity index (χ1n) is 2.63. The van der Waals surface area contributed by atoms with Crippen molar-refractivity contribution in [2.24, 2.45) is 0 Å². The Morgan fingerprint density at radius 3 is 2.27 bits per heavy atom. The number of imide groups is 1. The molecule has 0 radical (unpaired) electrons. The molecule has 0 aliphatic carbocycles. The first kappa shape index (κ1) is 10.1. The van der Waals surface area contributed by atoms with Crippen LogP contribution in [0.5, 0.6) is 0 Å². The van der Waals surface area contributed by atoms with E-state index in [-0.39, 0.29) is 6.42 Å². The average Bonchev–Trinajstić information content (AvgIpc) is 2.12. The molecule has 0 spiro atoms. The summed E-state index contributed by atoms with van der Waals surface area (Å²) in [5, 5.41) is 17.7. The Balaban J connectivity index is 0.000000292. The molecule has 1 heterocycles. The van der Waals surface area contributed by atoms with Gasteiger partial charge in [0.25, 0.3) is 5.91 Å². The number of nitrogens with one attached hydrogen (secondary N) is 1. The number of carbonyl (C=O) groups is 2. The molecule has 2 N–H and O–H groups in total. The molecule has 2 amide bonds. The Kier molecular flexibility index (Phi) is 4.41. The van der Waals surface area contributed by atoms with Gasteiger partial charge >= 0.3 is 0 Å². The van der Waals surface area contributed by atoms with Crippen LogP contribution in [-0.2, 0) is 9.59 Å². The second-order valence-corrected chi connectivity index (χ2v) is 2.07. The molecule has 1 aliphatic rings. The maximum atomic E-state index is 10.2. The number of hydrogen-bond acceptors (Lipinski definition) is 4. The molecule has 1 fully saturated rings. The minimum Gasteiger partial charge on any atom is -0.383 e. The molecule has 1 atom stereocenters. The van der Waals surface area contributed by atoms with E-state index in [0.29, 0.717) is 0 Å². The van der Waals surface area contributed by atoms with Crippen LogP contribution in [0.4, 0.5) is 0 Å². The van der Waals surface area contributed by atoms with Crippen molar-refractivity contribution in [2.45, 2.75) is 12.5 Å². The fourth-order valence-electron chi connectivity index (χ4n) is 0.540. The quantitative estimate of drug-likeness (QED) is 0.527. The van der Waals surface area contributed by atoms with Crippen LogP contribution in [0.1, 0.15) is 6.42 Å². The van der Waals surface area contributed by atoms with Crippen LogP contribution in [0, 0.1) is 10.2 Å². The standard InChI is InChI=1S/C4H5NO3.CBrN/c6-2-1-3(7)5-4(2)8;2-1-3/h2,6H,1H2,(H,5,7,8);. The highest BCUT2D eigenvalue weighted by Crippen LogP contribution is 1.98. The first-order chi connectivity index (χ1) is 5.11. The number of aliphatic hydroxyl groups excluding tert-OH is 1. The lowest BCUT2D eigenvalue weighted by Gasteiger charge is -1.88. The Hall–Kier alpha value is -0.930. The zero-order valence-corrected chi connectivity index (χ0v) is 6.96. The van der Waals surface area contributed by atoms with Crippen LogP contribution in [0.2, 0.25) is 0 Å². The maximum absolute atomic E-state index is 10.2. The normalized spacial score (nSPS) is 21.4. The van der Waals surface area contributed by atoms with Crippen LogP contribution in [0.25, 0.3) is 0 Å². The molecule has 60 valence electrons. The Bertz CT molecular complexity index is 210. The van der Waals surface area contributed by atoms with E-state index in [1.165, 1.54) is 0 Å². The second kappa shape index (κ2) is 4.82. The predicted molar refractivity (Wildman–Crippen MR) is 38.3 cm³/mol. The molecule has 0 aromatic heterocycles. The molecule has 1 aliphatic heterocycles. The summed E-state index contributed by atoms with van der Waals surface area (Å²) in [6, 6.07) is 0. The lowest BCUT2D eigenvalue weighted by Crippen LogP contribution is -2.24. The minimum absolute atomic E-state index is 0.0845. The van der Waals surface area contributed by atoms with Gasteiger partial charge in [-0.2, -0.15) is 5.26 Å². The van der Waals surface area contributed by atoms with E-state index in [1.807, 2.05) is 5.32 Å². The highest BCUT2D eigenvalue weighted by molar-refractivity contribution is 9.12. The summed E-state index contributed by atoms with van der Waals surface area (Å²) in [6.07, 6.45) is -1.19. The lowest BCUT2D eigenvalue weighted by molar-refractivity contribution is -0.127. The number of carbonyl (C=O) groups excluding carboxylic acids is 2. The van der Waals surface area contributed by atoms with Crippen molar-refractivity contribution < 1.29 is 14.7 Å². The summed E-state index contributed by atoms with van der Waals surface area (Å²) in [5.74, 6) is -0.988. The van der Waals surface area contributed by atoms with Gasteiger partial charge < -0.3 is 5.11 Å². The fraction of sp³-hybridized carbons (Fsp3) is 0.400. The van der Waals surface area contributed by atoms with Crippen molar-refractivity contribution in [3.63, 3.8) is 0 Å². The Morgan fingerprint density at radius 1 is 1.73 bits per heavy atom. The van der Waals surface area contributed by atoms with E-state index in [0.717, 1.165) is 0 Å². The van der Waals surface area contributed by atoms with E-state index in [9.17, 15) is 9.59 Å². The zero-order valence-electron chi connectivity index (χ0n) is 5.37. The van der Waals surface area contributed by atoms with Crippen molar-refractivity contribution >= 4 is 27.7 Å². The maximum Gasteiger partial charge on any atom is 0.255 e. The largest absolute Gasteiger partial charge is 0.383 e. The number of hydrogen-bond donors (Lipinski definition) is 2. The third-order valence-electron chi connectivity index (χ3n) is 0.944. The second-order valence-electron chi connectivity index (χ2n) is 1.72. The molecule has 0 bridgehead atoms. The highest BCUT2D eigenvalue weighted by atomic mass is 79.9. The highest BCUT2D eigenvalue weighted by Gasteiger charge is 2.27. The van der Waals surface area contributed by atoms with Gasteiger partial charge in [0.1, 0.15) is 11.1 Å². The van der Waals surface area contributed by atoms with Crippen LogP contribution >= 0.6 is 15.9 Å². The third kappa shape index (κ3) is 3.70. The van der Waals surface area contributed by atoms with Crippen LogP contribution in [0.3, 0.4) is 0 Å².